The summed E-state index contributed by atoms with van der Waals surface area (Å²) >= 11 is 0. The molecule has 0 bridgehead atoms. The maximum absolute atomic E-state index is 13.4. The molecule has 0 radical (unpaired) electrons. The van der Waals surface area contributed by atoms with Crippen LogP contribution in [0.15, 0.2) is 170 Å². The van der Waals surface area contributed by atoms with Crippen molar-refractivity contribution >= 4 is 107 Å². The van der Waals surface area contributed by atoms with E-state index in [0.717, 1.165) is 38.1 Å². The minimum atomic E-state index is -0.0883. The summed E-state index contributed by atoms with van der Waals surface area (Å²) in [5.74, 6) is -0.313. The van der Waals surface area contributed by atoms with Gasteiger partial charge in [-0.2, -0.15) is 0 Å². The molecule has 0 unspecified atom stereocenters. The maximum atomic E-state index is 13.4. The van der Waals surface area contributed by atoms with Gasteiger partial charge in [-0.15, -0.1) is 24.0 Å². The smallest absolute Gasteiger partial charge is 0.195 e. The summed E-state index contributed by atoms with van der Waals surface area (Å²) in [4.78, 5) is 49.2. The van der Waals surface area contributed by atoms with Crippen LogP contribution in [0.5, 0.6) is 0 Å². The minimum absolute atomic E-state index is 0. The van der Waals surface area contributed by atoms with Gasteiger partial charge < -0.3 is 0 Å². The van der Waals surface area contributed by atoms with Gasteiger partial charge in [0.15, 0.2) is 23.1 Å². The molecule has 2 aliphatic carbocycles. The molecule has 0 fully saturated rings. The van der Waals surface area contributed by atoms with Crippen LogP contribution in [0.3, 0.4) is 0 Å². The minimum Gasteiger partial charge on any atom is -0.289 e. The highest BCUT2D eigenvalue weighted by atomic mass is 127. The third-order valence-corrected chi connectivity index (χ3v) is 11.1. The van der Waals surface area contributed by atoms with Gasteiger partial charge >= 0.3 is 0 Å². The van der Waals surface area contributed by atoms with Crippen LogP contribution in [-0.4, -0.2) is 23.1 Å². The molecule has 0 amide bonds. The summed E-state index contributed by atoms with van der Waals surface area (Å²) in [6, 6.07) is 50.5. The van der Waals surface area contributed by atoms with Gasteiger partial charge in [-0.3, -0.25) is 19.2 Å². The van der Waals surface area contributed by atoms with Crippen LogP contribution < -0.4 is 0 Å². The molecule has 5 heteroatoms. The Morgan fingerprint density at radius 3 is 1.54 bits per heavy atom. The highest BCUT2D eigenvalue weighted by Gasteiger charge is 2.31. The number of rotatable bonds is 1. The molecule has 2 aliphatic rings. The van der Waals surface area contributed by atoms with Crippen LogP contribution in [0.2, 0.25) is 0 Å². The molecule has 0 saturated carbocycles. The van der Waals surface area contributed by atoms with Gasteiger partial charge in [0.05, 0.1) is 0 Å². The molecular formula is C54H37IO4. The summed E-state index contributed by atoms with van der Waals surface area (Å²) in [6.07, 6.45) is 4.56. The Balaban J connectivity index is 0.000000136. The lowest BCUT2D eigenvalue weighted by Crippen LogP contribution is -2.21. The number of allylic oxidation sites excluding steroid dienone is 2. The normalized spacial score (nSPS) is 12.6. The van der Waals surface area contributed by atoms with E-state index in [1.54, 1.807) is 18.2 Å². The first-order valence-electron chi connectivity index (χ1n) is 19.2. The zero-order valence-electron chi connectivity index (χ0n) is 32.4. The van der Waals surface area contributed by atoms with E-state index in [1.165, 1.54) is 44.6 Å². The van der Waals surface area contributed by atoms with E-state index >= 15 is 0 Å². The average molecular weight is 877 g/mol. The lowest BCUT2D eigenvalue weighted by atomic mass is 9.80. The Labute approximate surface area is 358 Å². The highest BCUT2D eigenvalue weighted by molar-refractivity contribution is 14.0. The van der Waals surface area contributed by atoms with Crippen LogP contribution in [-0.2, 0) is 0 Å². The first-order chi connectivity index (χ1) is 28.2. The van der Waals surface area contributed by atoms with E-state index in [0.29, 0.717) is 33.4 Å². The van der Waals surface area contributed by atoms with Crippen LogP contribution in [0, 0.1) is 13.8 Å². The number of halogens is 1. The molecule has 0 aliphatic heterocycles. The van der Waals surface area contributed by atoms with Crippen molar-refractivity contribution in [3.63, 3.8) is 0 Å². The number of aryl methyl sites for hydroxylation is 2. The van der Waals surface area contributed by atoms with Gasteiger partial charge in [0, 0.05) is 33.4 Å². The van der Waals surface area contributed by atoms with Crippen molar-refractivity contribution in [2.45, 2.75) is 13.8 Å². The Kier molecular flexibility index (Phi) is 10.5. The van der Waals surface area contributed by atoms with E-state index in [-0.39, 0.29) is 47.1 Å². The van der Waals surface area contributed by atoms with Crippen molar-refractivity contribution in [1.82, 2.24) is 0 Å². The standard InChI is InChI=1S/C27H16O2.C16H12.C11H8O2.HI/c1-15-6-8-21-24(12-15)26(28)22-11-10-19-20(25(22)27(21)29)9-7-18-13-16-4-2-3-5-17(16)14-23(18)19;1-2-12-8-5-9-15-10-13-6-3-4-7-14(13)11-16(12)15;1-7-2-3-8-9(6-7)11(13)5-4-10(8)12;/h2-14H,1H3;2-11H,1H2;2-6H,1H3;1H. The first-order valence-corrected chi connectivity index (χ1v) is 19.2. The van der Waals surface area contributed by atoms with Crippen LogP contribution in [0.1, 0.15) is 69.2 Å². The molecule has 284 valence electrons. The summed E-state index contributed by atoms with van der Waals surface area (Å²) < 4.78 is 0. The van der Waals surface area contributed by atoms with Crippen molar-refractivity contribution in [3.05, 3.63) is 220 Å². The Morgan fingerprint density at radius 2 is 0.898 bits per heavy atom. The third-order valence-electron chi connectivity index (χ3n) is 11.1. The summed E-state index contributed by atoms with van der Waals surface area (Å²) in [6.45, 7) is 7.70. The van der Waals surface area contributed by atoms with E-state index in [1.807, 2.05) is 74.5 Å². The molecule has 0 aromatic heterocycles. The van der Waals surface area contributed by atoms with Crippen molar-refractivity contribution in [2.75, 3.05) is 0 Å². The number of hydrogen-bond acceptors (Lipinski definition) is 4. The second kappa shape index (κ2) is 15.8. The van der Waals surface area contributed by atoms with Crippen molar-refractivity contribution in [1.29, 1.82) is 0 Å². The van der Waals surface area contributed by atoms with Crippen LogP contribution in [0.4, 0.5) is 0 Å². The number of carbonyl (C=O) groups excluding carboxylic acids is 4. The molecular weight excluding hydrogens is 839 g/mol. The zero-order valence-corrected chi connectivity index (χ0v) is 34.7. The van der Waals surface area contributed by atoms with E-state index in [9.17, 15) is 19.2 Å². The molecule has 59 heavy (non-hydrogen) atoms. The summed E-state index contributed by atoms with van der Waals surface area (Å²) in [5.41, 5.74) is 6.24. The molecule has 4 nitrogen and oxygen atoms in total. The molecule has 9 aromatic carbocycles. The van der Waals surface area contributed by atoms with Gasteiger partial charge in [-0.25, -0.2) is 0 Å². The zero-order chi connectivity index (χ0) is 40.1. The van der Waals surface area contributed by atoms with Gasteiger partial charge in [0.25, 0.3) is 0 Å². The fourth-order valence-corrected chi connectivity index (χ4v) is 8.16. The molecule has 0 saturated heterocycles. The predicted molar refractivity (Wildman–Crippen MR) is 253 cm³/mol. The monoisotopic (exact) mass is 876 g/mol. The van der Waals surface area contributed by atoms with Crippen LogP contribution in [0.25, 0.3) is 59.9 Å². The molecule has 11 rings (SSSR count). The summed E-state index contributed by atoms with van der Waals surface area (Å²) in [7, 11) is 0. The SMILES string of the molecule is C=Cc1cccc2cc3ccccc3cc12.Cc1ccc2c(c1)C(=O)C=CC2=O.Cc1ccc2c(c1)C(=O)c1ccc3c(ccc4cc5ccccc5cc43)c1C2=O.I. The van der Waals surface area contributed by atoms with Crippen molar-refractivity contribution < 1.29 is 19.2 Å². The first kappa shape index (κ1) is 39.0. The average Bonchev–Trinajstić information content (AvgIpc) is 3.25. The number of benzene rings is 9. The number of fused-ring (bicyclic) bond motifs is 10. The number of ketones is 4. The molecule has 0 spiro atoms. The number of carbonyl (C=O) groups is 4. The Hall–Kier alpha value is -6.83. The second-order valence-corrected chi connectivity index (χ2v) is 14.9. The largest absolute Gasteiger partial charge is 0.289 e. The van der Waals surface area contributed by atoms with E-state index in [4.69, 9.17) is 0 Å². The van der Waals surface area contributed by atoms with Gasteiger partial charge in [0.2, 0.25) is 0 Å². The topological polar surface area (TPSA) is 68.3 Å². The maximum Gasteiger partial charge on any atom is 0.195 e. The molecule has 9 aromatic rings. The Bertz CT molecular complexity index is 3300. The highest BCUT2D eigenvalue weighted by Crippen LogP contribution is 2.37. The van der Waals surface area contributed by atoms with E-state index < -0.39 is 0 Å². The van der Waals surface area contributed by atoms with Gasteiger partial charge in [-0.1, -0.05) is 133 Å². The van der Waals surface area contributed by atoms with Crippen molar-refractivity contribution in [3.8, 4) is 0 Å². The Morgan fingerprint density at radius 1 is 0.390 bits per heavy atom. The lowest BCUT2D eigenvalue weighted by molar-refractivity contribution is 0.0980. The second-order valence-electron chi connectivity index (χ2n) is 14.9. The predicted octanol–water partition coefficient (Wildman–Crippen LogP) is 13.4. The van der Waals surface area contributed by atoms with Gasteiger partial charge in [-0.05, 0) is 128 Å². The molecule has 0 heterocycles. The number of hydrogen-bond donors (Lipinski definition) is 0. The lowest BCUT2D eigenvalue weighted by Gasteiger charge is -2.20. The molecule has 0 atom stereocenters. The fraction of sp³-hybridized carbons (Fsp3) is 0.0370. The van der Waals surface area contributed by atoms with Crippen LogP contribution >= 0.6 is 24.0 Å². The summed E-state index contributed by atoms with van der Waals surface area (Å²) in [5, 5.41) is 11.5. The third kappa shape index (κ3) is 7.08. The molecule has 0 N–H and O–H groups in total. The van der Waals surface area contributed by atoms with E-state index in [2.05, 4.69) is 85.4 Å². The van der Waals surface area contributed by atoms with Gasteiger partial charge in [0.1, 0.15) is 0 Å². The fourth-order valence-electron chi connectivity index (χ4n) is 8.16. The van der Waals surface area contributed by atoms with Crippen molar-refractivity contribution in [2.24, 2.45) is 0 Å². The quantitative estimate of drug-likeness (QED) is 0.0936.